The largest absolute Gasteiger partial charge is 0.340 e. The standard InChI is InChI=1S/C13H14ClN3O/c1-9-3-4-10(2)17(9)8-13(18)16-12-7-11(14)5-6-15-12/h3-7H,8H2,1-2H3,(H,15,16,18). The number of rotatable bonds is 3. The predicted octanol–water partition coefficient (Wildman–Crippen LogP) is 2.79. The van der Waals surface area contributed by atoms with Gasteiger partial charge in [-0.05, 0) is 38.1 Å². The van der Waals surface area contributed by atoms with Crippen LogP contribution in [0.15, 0.2) is 30.5 Å². The zero-order valence-electron chi connectivity index (χ0n) is 10.3. The molecule has 0 aliphatic rings. The van der Waals surface area contributed by atoms with Gasteiger partial charge in [-0.3, -0.25) is 4.79 Å². The zero-order valence-corrected chi connectivity index (χ0v) is 11.0. The summed E-state index contributed by atoms with van der Waals surface area (Å²) in [5.74, 6) is 0.349. The van der Waals surface area contributed by atoms with E-state index in [1.54, 1.807) is 18.3 Å². The lowest BCUT2D eigenvalue weighted by Gasteiger charge is -2.09. The van der Waals surface area contributed by atoms with Crippen molar-refractivity contribution in [3.8, 4) is 0 Å². The van der Waals surface area contributed by atoms with Gasteiger partial charge in [-0.2, -0.15) is 0 Å². The number of hydrogen-bond acceptors (Lipinski definition) is 2. The highest BCUT2D eigenvalue weighted by molar-refractivity contribution is 6.30. The number of carbonyl (C=O) groups excluding carboxylic acids is 1. The van der Waals surface area contributed by atoms with Crippen molar-refractivity contribution >= 4 is 23.3 Å². The molecule has 2 rings (SSSR count). The van der Waals surface area contributed by atoms with Crippen molar-refractivity contribution in [1.29, 1.82) is 0 Å². The molecule has 18 heavy (non-hydrogen) atoms. The lowest BCUT2D eigenvalue weighted by Crippen LogP contribution is -2.20. The summed E-state index contributed by atoms with van der Waals surface area (Å²) in [6, 6.07) is 7.26. The summed E-state index contributed by atoms with van der Waals surface area (Å²) < 4.78 is 1.94. The number of amides is 1. The van der Waals surface area contributed by atoms with E-state index in [2.05, 4.69) is 10.3 Å². The molecule has 0 aliphatic carbocycles. The monoisotopic (exact) mass is 263 g/mol. The van der Waals surface area contributed by atoms with Crippen LogP contribution >= 0.6 is 11.6 Å². The van der Waals surface area contributed by atoms with Gasteiger partial charge in [0.2, 0.25) is 5.91 Å². The molecule has 0 spiro atoms. The Morgan fingerprint density at radius 2 is 2.00 bits per heavy atom. The number of hydrogen-bond donors (Lipinski definition) is 1. The van der Waals surface area contributed by atoms with Crippen molar-refractivity contribution < 1.29 is 4.79 Å². The molecule has 0 fully saturated rings. The smallest absolute Gasteiger partial charge is 0.245 e. The molecule has 5 heteroatoms. The molecule has 1 amide bonds. The van der Waals surface area contributed by atoms with E-state index in [1.807, 2.05) is 30.5 Å². The molecule has 2 aromatic rings. The van der Waals surface area contributed by atoms with E-state index in [1.165, 1.54) is 0 Å². The van der Waals surface area contributed by atoms with Crippen LogP contribution in [0.2, 0.25) is 5.02 Å². The van der Waals surface area contributed by atoms with Crippen LogP contribution in [0.5, 0.6) is 0 Å². The molecular weight excluding hydrogens is 250 g/mol. The van der Waals surface area contributed by atoms with Gasteiger partial charge >= 0.3 is 0 Å². The average Bonchev–Trinajstić information content (AvgIpc) is 2.61. The second-order valence-corrected chi connectivity index (χ2v) is 4.55. The van der Waals surface area contributed by atoms with Crippen LogP contribution in [-0.4, -0.2) is 15.5 Å². The highest BCUT2D eigenvalue weighted by Gasteiger charge is 2.08. The molecule has 0 saturated carbocycles. The summed E-state index contributed by atoms with van der Waals surface area (Å²) in [6.07, 6.45) is 1.56. The molecule has 94 valence electrons. The van der Waals surface area contributed by atoms with Gasteiger partial charge in [0.1, 0.15) is 12.4 Å². The first kappa shape index (κ1) is 12.6. The van der Waals surface area contributed by atoms with Crippen molar-refractivity contribution in [1.82, 2.24) is 9.55 Å². The Balaban J connectivity index is 2.06. The molecule has 0 saturated heterocycles. The number of aryl methyl sites for hydroxylation is 2. The Kier molecular flexibility index (Phi) is 3.67. The molecule has 0 bridgehead atoms. The summed E-state index contributed by atoms with van der Waals surface area (Å²) in [6.45, 7) is 4.22. The normalized spacial score (nSPS) is 10.4. The van der Waals surface area contributed by atoms with E-state index < -0.39 is 0 Å². The number of halogens is 1. The summed E-state index contributed by atoms with van der Waals surface area (Å²) in [7, 11) is 0. The van der Waals surface area contributed by atoms with Gasteiger partial charge in [-0.15, -0.1) is 0 Å². The van der Waals surface area contributed by atoms with Crippen LogP contribution in [0.4, 0.5) is 5.82 Å². The maximum Gasteiger partial charge on any atom is 0.245 e. The average molecular weight is 264 g/mol. The topological polar surface area (TPSA) is 46.9 Å². The number of nitrogens with one attached hydrogen (secondary N) is 1. The zero-order chi connectivity index (χ0) is 13.1. The molecule has 0 aliphatic heterocycles. The second kappa shape index (κ2) is 5.23. The number of carbonyl (C=O) groups is 1. The minimum Gasteiger partial charge on any atom is -0.340 e. The van der Waals surface area contributed by atoms with Crippen LogP contribution in [-0.2, 0) is 11.3 Å². The molecule has 0 aromatic carbocycles. The van der Waals surface area contributed by atoms with Crippen molar-refractivity contribution in [3.63, 3.8) is 0 Å². The third-order valence-corrected chi connectivity index (χ3v) is 2.94. The van der Waals surface area contributed by atoms with Crippen LogP contribution in [0, 0.1) is 13.8 Å². The van der Waals surface area contributed by atoms with Crippen LogP contribution in [0.25, 0.3) is 0 Å². The van der Waals surface area contributed by atoms with Crippen LogP contribution < -0.4 is 5.32 Å². The highest BCUT2D eigenvalue weighted by atomic mass is 35.5. The SMILES string of the molecule is Cc1ccc(C)n1CC(=O)Nc1cc(Cl)ccn1. The van der Waals surface area contributed by atoms with Crippen molar-refractivity contribution in [2.75, 3.05) is 5.32 Å². The number of aromatic nitrogens is 2. The van der Waals surface area contributed by atoms with E-state index >= 15 is 0 Å². The van der Waals surface area contributed by atoms with Crippen LogP contribution in [0.3, 0.4) is 0 Å². The van der Waals surface area contributed by atoms with Gasteiger partial charge in [0, 0.05) is 22.6 Å². The van der Waals surface area contributed by atoms with Gasteiger partial charge in [0.05, 0.1) is 0 Å². The van der Waals surface area contributed by atoms with E-state index in [9.17, 15) is 4.79 Å². The van der Waals surface area contributed by atoms with Gasteiger partial charge < -0.3 is 9.88 Å². The Labute approximate surface area is 111 Å². The first-order chi connectivity index (χ1) is 8.56. The minimum atomic E-state index is -0.118. The fraction of sp³-hybridized carbons (Fsp3) is 0.231. The molecule has 0 atom stereocenters. The third-order valence-electron chi connectivity index (χ3n) is 2.71. The molecule has 2 aromatic heterocycles. The minimum absolute atomic E-state index is 0.118. The molecular formula is C13H14ClN3O. The Bertz CT molecular complexity index is 558. The highest BCUT2D eigenvalue weighted by Crippen LogP contribution is 2.12. The first-order valence-electron chi connectivity index (χ1n) is 5.60. The molecule has 4 nitrogen and oxygen atoms in total. The van der Waals surface area contributed by atoms with Gasteiger partial charge in [-0.25, -0.2) is 4.98 Å². The maximum atomic E-state index is 11.9. The summed E-state index contributed by atoms with van der Waals surface area (Å²) in [5, 5.41) is 3.27. The quantitative estimate of drug-likeness (QED) is 0.926. The Hall–Kier alpha value is -1.81. The molecule has 0 unspecified atom stereocenters. The Morgan fingerprint density at radius 1 is 1.33 bits per heavy atom. The Morgan fingerprint density at radius 3 is 2.61 bits per heavy atom. The predicted molar refractivity (Wildman–Crippen MR) is 71.8 cm³/mol. The lowest BCUT2D eigenvalue weighted by atomic mass is 10.4. The number of nitrogens with zero attached hydrogens (tertiary/aromatic N) is 2. The van der Waals surface area contributed by atoms with Crippen molar-refractivity contribution in [3.05, 3.63) is 46.9 Å². The van der Waals surface area contributed by atoms with E-state index in [0.717, 1.165) is 11.4 Å². The van der Waals surface area contributed by atoms with E-state index in [0.29, 0.717) is 10.8 Å². The summed E-state index contributed by atoms with van der Waals surface area (Å²) >= 11 is 5.82. The molecule has 0 radical (unpaired) electrons. The third kappa shape index (κ3) is 2.90. The summed E-state index contributed by atoms with van der Waals surface area (Å²) in [5.41, 5.74) is 2.11. The number of anilines is 1. The fourth-order valence-corrected chi connectivity index (χ4v) is 1.91. The first-order valence-corrected chi connectivity index (χ1v) is 5.98. The van der Waals surface area contributed by atoms with E-state index in [-0.39, 0.29) is 12.5 Å². The second-order valence-electron chi connectivity index (χ2n) is 4.11. The van der Waals surface area contributed by atoms with Crippen LogP contribution in [0.1, 0.15) is 11.4 Å². The fourth-order valence-electron chi connectivity index (χ4n) is 1.75. The molecule has 2 heterocycles. The lowest BCUT2D eigenvalue weighted by molar-refractivity contribution is -0.116. The van der Waals surface area contributed by atoms with Crippen molar-refractivity contribution in [2.24, 2.45) is 0 Å². The summed E-state index contributed by atoms with van der Waals surface area (Å²) in [4.78, 5) is 15.9. The van der Waals surface area contributed by atoms with E-state index in [4.69, 9.17) is 11.6 Å². The van der Waals surface area contributed by atoms with Gasteiger partial charge in [0.15, 0.2) is 0 Å². The van der Waals surface area contributed by atoms with Gasteiger partial charge in [0.25, 0.3) is 0 Å². The number of pyridine rings is 1. The van der Waals surface area contributed by atoms with Gasteiger partial charge in [-0.1, -0.05) is 11.6 Å². The molecule has 1 N–H and O–H groups in total. The maximum absolute atomic E-state index is 11.9. The van der Waals surface area contributed by atoms with Crippen molar-refractivity contribution in [2.45, 2.75) is 20.4 Å².